The molecule has 100 valence electrons. The van der Waals surface area contributed by atoms with Crippen molar-refractivity contribution in [2.45, 2.75) is 31.9 Å². The van der Waals surface area contributed by atoms with Gasteiger partial charge in [0, 0.05) is 18.7 Å². The molecule has 1 heterocycles. The molecule has 1 saturated heterocycles. The standard InChI is InChI=1S/C14H20FNO2/c1-14(2)7-8-18-12(9-16-14)13-10(15)5-4-6-11(13)17-3/h4-6,12,16H,7-9H2,1-3H3. The fourth-order valence-electron chi connectivity index (χ4n) is 2.17. The molecule has 0 amide bonds. The van der Waals surface area contributed by atoms with Gasteiger partial charge in [0.05, 0.1) is 12.7 Å². The quantitative estimate of drug-likeness (QED) is 0.879. The Balaban J connectivity index is 2.26. The minimum absolute atomic E-state index is 0.0211. The number of rotatable bonds is 2. The van der Waals surface area contributed by atoms with Crippen LogP contribution in [0.1, 0.15) is 31.9 Å². The van der Waals surface area contributed by atoms with E-state index in [0.29, 0.717) is 24.5 Å². The van der Waals surface area contributed by atoms with E-state index in [-0.39, 0.29) is 17.5 Å². The molecular formula is C14H20FNO2. The first kappa shape index (κ1) is 13.3. The van der Waals surface area contributed by atoms with Gasteiger partial charge in [-0.3, -0.25) is 0 Å². The van der Waals surface area contributed by atoms with Gasteiger partial charge in [0.1, 0.15) is 17.7 Å². The lowest BCUT2D eigenvalue weighted by Gasteiger charge is -2.23. The number of benzene rings is 1. The molecule has 1 unspecified atom stereocenters. The second-order valence-electron chi connectivity index (χ2n) is 5.23. The van der Waals surface area contributed by atoms with Crippen LogP contribution in [0.25, 0.3) is 0 Å². The molecule has 1 aromatic rings. The van der Waals surface area contributed by atoms with E-state index in [1.807, 2.05) is 0 Å². The Morgan fingerprint density at radius 1 is 1.44 bits per heavy atom. The Morgan fingerprint density at radius 3 is 2.94 bits per heavy atom. The third-order valence-electron chi connectivity index (χ3n) is 3.37. The van der Waals surface area contributed by atoms with Crippen molar-refractivity contribution in [1.82, 2.24) is 5.32 Å². The molecule has 0 aliphatic carbocycles. The predicted molar refractivity (Wildman–Crippen MR) is 68.3 cm³/mol. The minimum Gasteiger partial charge on any atom is -0.496 e. The summed E-state index contributed by atoms with van der Waals surface area (Å²) in [5, 5.41) is 3.40. The van der Waals surface area contributed by atoms with Crippen LogP contribution in [0, 0.1) is 5.82 Å². The van der Waals surface area contributed by atoms with Gasteiger partial charge in [0.15, 0.2) is 0 Å². The average Bonchev–Trinajstić information content (AvgIpc) is 2.50. The van der Waals surface area contributed by atoms with Crippen LogP contribution in [0.5, 0.6) is 5.75 Å². The molecule has 1 aliphatic heterocycles. The Hall–Kier alpha value is -1.13. The summed E-state index contributed by atoms with van der Waals surface area (Å²) in [6.45, 7) is 5.45. The third-order valence-corrected chi connectivity index (χ3v) is 3.37. The van der Waals surface area contributed by atoms with Crippen molar-refractivity contribution < 1.29 is 13.9 Å². The summed E-state index contributed by atoms with van der Waals surface area (Å²) in [6, 6.07) is 4.85. The molecule has 1 fully saturated rings. The Bertz CT molecular complexity index is 420. The summed E-state index contributed by atoms with van der Waals surface area (Å²) in [4.78, 5) is 0. The summed E-state index contributed by atoms with van der Waals surface area (Å²) < 4.78 is 24.9. The van der Waals surface area contributed by atoms with Crippen molar-refractivity contribution in [2.24, 2.45) is 0 Å². The van der Waals surface area contributed by atoms with Gasteiger partial charge in [-0.05, 0) is 32.4 Å². The van der Waals surface area contributed by atoms with Gasteiger partial charge in [-0.15, -0.1) is 0 Å². The normalized spacial score (nSPS) is 23.4. The van der Waals surface area contributed by atoms with Gasteiger partial charge < -0.3 is 14.8 Å². The van der Waals surface area contributed by atoms with Crippen LogP contribution in [-0.2, 0) is 4.74 Å². The highest BCUT2D eigenvalue weighted by Crippen LogP contribution is 2.32. The lowest BCUT2D eigenvalue weighted by molar-refractivity contribution is 0.0613. The maximum Gasteiger partial charge on any atom is 0.132 e. The number of methoxy groups -OCH3 is 1. The highest BCUT2D eigenvalue weighted by Gasteiger charge is 2.28. The van der Waals surface area contributed by atoms with E-state index >= 15 is 0 Å². The first-order chi connectivity index (χ1) is 8.53. The maximum absolute atomic E-state index is 14.0. The van der Waals surface area contributed by atoms with E-state index in [2.05, 4.69) is 19.2 Å². The summed E-state index contributed by atoms with van der Waals surface area (Å²) >= 11 is 0. The summed E-state index contributed by atoms with van der Waals surface area (Å²) in [7, 11) is 1.55. The largest absolute Gasteiger partial charge is 0.496 e. The first-order valence-electron chi connectivity index (χ1n) is 6.22. The molecule has 0 aromatic heterocycles. The van der Waals surface area contributed by atoms with E-state index < -0.39 is 0 Å². The number of hydrogen-bond acceptors (Lipinski definition) is 3. The van der Waals surface area contributed by atoms with E-state index in [4.69, 9.17) is 9.47 Å². The molecule has 1 aliphatic rings. The van der Waals surface area contributed by atoms with Crippen molar-refractivity contribution in [3.05, 3.63) is 29.6 Å². The number of nitrogens with one attached hydrogen (secondary N) is 1. The Kier molecular flexibility index (Phi) is 3.88. The van der Waals surface area contributed by atoms with Gasteiger partial charge >= 0.3 is 0 Å². The van der Waals surface area contributed by atoms with Gasteiger partial charge in [0.2, 0.25) is 0 Å². The predicted octanol–water partition coefficient (Wildman–Crippen LogP) is 2.66. The molecule has 1 atom stereocenters. The Labute approximate surface area is 107 Å². The maximum atomic E-state index is 14.0. The van der Waals surface area contributed by atoms with E-state index in [1.165, 1.54) is 6.07 Å². The lowest BCUT2D eigenvalue weighted by atomic mass is 10.0. The number of hydrogen-bond donors (Lipinski definition) is 1. The fourth-order valence-corrected chi connectivity index (χ4v) is 2.17. The second-order valence-corrected chi connectivity index (χ2v) is 5.23. The summed E-state index contributed by atoms with van der Waals surface area (Å²) in [5.41, 5.74) is 0.526. The van der Waals surface area contributed by atoms with E-state index in [9.17, 15) is 4.39 Å². The zero-order valence-corrected chi connectivity index (χ0v) is 11.1. The molecule has 0 radical (unpaired) electrons. The summed E-state index contributed by atoms with van der Waals surface area (Å²) in [6.07, 6.45) is 0.600. The molecule has 1 aromatic carbocycles. The zero-order valence-electron chi connectivity index (χ0n) is 11.1. The van der Waals surface area contributed by atoms with Crippen LogP contribution in [0.3, 0.4) is 0 Å². The molecule has 4 heteroatoms. The molecule has 18 heavy (non-hydrogen) atoms. The topological polar surface area (TPSA) is 30.5 Å². The highest BCUT2D eigenvalue weighted by molar-refractivity contribution is 5.36. The van der Waals surface area contributed by atoms with Crippen molar-refractivity contribution in [3.8, 4) is 5.75 Å². The van der Waals surface area contributed by atoms with Crippen LogP contribution < -0.4 is 10.1 Å². The molecule has 0 saturated carbocycles. The van der Waals surface area contributed by atoms with Crippen LogP contribution in [0.4, 0.5) is 4.39 Å². The fraction of sp³-hybridized carbons (Fsp3) is 0.571. The van der Waals surface area contributed by atoms with Gasteiger partial charge in [-0.25, -0.2) is 4.39 Å². The number of halogens is 1. The second kappa shape index (κ2) is 5.24. The van der Waals surface area contributed by atoms with Gasteiger partial charge in [-0.1, -0.05) is 6.07 Å². The third kappa shape index (κ3) is 2.82. The molecule has 3 nitrogen and oxygen atoms in total. The molecule has 0 spiro atoms. The van der Waals surface area contributed by atoms with Crippen molar-refractivity contribution in [3.63, 3.8) is 0 Å². The number of ether oxygens (including phenoxy) is 2. The molecule has 1 N–H and O–H groups in total. The SMILES string of the molecule is COc1cccc(F)c1C1CNC(C)(C)CCO1. The van der Waals surface area contributed by atoms with Gasteiger partial charge in [0.25, 0.3) is 0 Å². The molecular weight excluding hydrogens is 233 g/mol. The van der Waals surface area contributed by atoms with Crippen LogP contribution in [0.2, 0.25) is 0 Å². The van der Waals surface area contributed by atoms with Crippen LogP contribution >= 0.6 is 0 Å². The van der Waals surface area contributed by atoms with Crippen molar-refractivity contribution in [1.29, 1.82) is 0 Å². The highest BCUT2D eigenvalue weighted by atomic mass is 19.1. The van der Waals surface area contributed by atoms with Crippen LogP contribution in [-0.4, -0.2) is 25.8 Å². The minimum atomic E-state index is -0.303. The first-order valence-corrected chi connectivity index (χ1v) is 6.22. The van der Waals surface area contributed by atoms with Gasteiger partial charge in [-0.2, -0.15) is 0 Å². The monoisotopic (exact) mass is 253 g/mol. The van der Waals surface area contributed by atoms with Crippen molar-refractivity contribution >= 4 is 0 Å². The Morgan fingerprint density at radius 2 is 2.22 bits per heavy atom. The summed E-state index contributed by atoms with van der Waals surface area (Å²) in [5.74, 6) is 0.266. The van der Waals surface area contributed by atoms with E-state index in [0.717, 1.165) is 6.42 Å². The molecule has 2 rings (SSSR count). The van der Waals surface area contributed by atoms with Crippen molar-refractivity contribution in [2.75, 3.05) is 20.3 Å². The lowest BCUT2D eigenvalue weighted by Crippen LogP contribution is -2.39. The smallest absolute Gasteiger partial charge is 0.132 e. The van der Waals surface area contributed by atoms with Crippen LogP contribution in [0.15, 0.2) is 18.2 Å². The average molecular weight is 253 g/mol. The molecule has 0 bridgehead atoms. The zero-order chi connectivity index (χ0) is 13.2. The van der Waals surface area contributed by atoms with E-state index in [1.54, 1.807) is 19.2 Å².